The van der Waals surface area contributed by atoms with Gasteiger partial charge in [0.15, 0.2) is 0 Å². The molecule has 0 N–H and O–H groups in total. The number of nitrogens with zero attached hydrogens (tertiary/aromatic N) is 3. The van der Waals surface area contributed by atoms with Crippen LogP contribution in [0, 0.1) is 12.7 Å². The molecule has 0 bridgehead atoms. The molecule has 3 nitrogen and oxygen atoms in total. The van der Waals surface area contributed by atoms with Crippen LogP contribution in [0.2, 0.25) is 0 Å². The first kappa shape index (κ1) is 10.9. The van der Waals surface area contributed by atoms with Crippen LogP contribution in [0.4, 0.5) is 4.39 Å². The molecule has 0 spiro atoms. The Labute approximate surface area is 104 Å². The minimum absolute atomic E-state index is 0.240. The fraction of sp³-hybridized carbons (Fsp3) is 0.143. The van der Waals surface area contributed by atoms with Crippen molar-refractivity contribution in [2.45, 2.75) is 6.92 Å². The summed E-state index contributed by atoms with van der Waals surface area (Å²) in [5, 5.41) is 5.40. The van der Waals surface area contributed by atoms with Gasteiger partial charge in [0, 0.05) is 24.2 Å². The van der Waals surface area contributed by atoms with Crippen LogP contribution in [0.25, 0.3) is 22.2 Å². The predicted molar refractivity (Wildman–Crippen MR) is 68.6 cm³/mol. The average Bonchev–Trinajstić information content (AvgIpc) is 2.66. The molecule has 0 fully saturated rings. The van der Waals surface area contributed by atoms with Crippen LogP contribution >= 0.6 is 0 Å². The number of fused-ring (bicyclic) bond motifs is 1. The largest absolute Gasteiger partial charge is 0.268 e. The van der Waals surface area contributed by atoms with Gasteiger partial charge in [-0.15, -0.1) is 0 Å². The second-order valence-corrected chi connectivity index (χ2v) is 4.30. The van der Waals surface area contributed by atoms with Crippen LogP contribution in [0.5, 0.6) is 0 Å². The highest BCUT2D eigenvalue weighted by atomic mass is 19.1. The van der Waals surface area contributed by atoms with E-state index >= 15 is 0 Å². The summed E-state index contributed by atoms with van der Waals surface area (Å²) in [4.78, 5) is 4.41. The second kappa shape index (κ2) is 3.91. The van der Waals surface area contributed by atoms with Crippen molar-refractivity contribution >= 4 is 10.9 Å². The van der Waals surface area contributed by atoms with Crippen LogP contribution in [0.15, 0.2) is 36.5 Å². The molecule has 0 radical (unpaired) electrons. The highest BCUT2D eigenvalue weighted by molar-refractivity contribution is 5.84. The van der Waals surface area contributed by atoms with E-state index in [1.54, 1.807) is 12.1 Å². The van der Waals surface area contributed by atoms with Gasteiger partial charge in [0.05, 0.1) is 16.9 Å². The van der Waals surface area contributed by atoms with Crippen LogP contribution in [0.3, 0.4) is 0 Å². The predicted octanol–water partition coefficient (Wildman–Crippen LogP) is 3.08. The van der Waals surface area contributed by atoms with Crippen molar-refractivity contribution in [1.82, 2.24) is 14.8 Å². The van der Waals surface area contributed by atoms with Gasteiger partial charge in [0.25, 0.3) is 0 Å². The Kier molecular flexibility index (Phi) is 2.37. The Morgan fingerprint density at radius 3 is 2.61 bits per heavy atom. The van der Waals surface area contributed by atoms with Gasteiger partial charge >= 0.3 is 0 Å². The Morgan fingerprint density at radius 2 is 1.89 bits per heavy atom. The molecule has 3 rings (SSSR count). The molecule has 0 saturated heterocycles. The number of benzene rings is 1. The number of hydrogen-bond donors (Lipinski definition) is 0. The van der Waals surface area contributed by atoms with Crippen molar-refractivity contribution in [3.05, 3.63) is 48.0 Å². The Bertz CT molecular complexity index is 714. The first-order valence-corrected chi connectivity index (χ1v) is 5.70. The lowest BCUT2D eigenvalue weighted by molar-refractivity contribution is 0.628. The van der Waals surface area contributed by atoms with E-state index in [9.17, 15) is 4.39 Å². The van der Waals surface area contributed by atoms with Crippen molar-refractivity contribution in [3.63, 3.8) is 0 Å². The molecule has 0 aliphatic rings. The van der Waals surface area contributed by atoms with Crippen LogP contribution < -0.4 is 0 Å². The van der Waals surface area contributed by atoms with E-state index in [0.717, 1.165) is 27.9 Å². The minimum Gasteiger partial charge on any atom is -0.268 e. The number of aryl methyl sites for hydroxylation is 2. The maximum Gasteiger partial charge on any atom is 0.123 e. The van der Waals surface area contributed by atoms with E-state index in [2.05, 4.69) is 10.1 Å². The summed E-state index contributed by atoms with van der Waals surface area (Å²) < 4.78 is 14.7. The highest BCUT2D eigenvalue weighted by Gasteiger charge is 2.07. The fourth-order valence-corrected chi connectivity index (χ4v) is 2.10. The quantitative estimate of drug-likeness (QED) is 0.655. The molecular formula is C14H12FN3. The molecule has 0 unspecified atom stereocenters. The van der Waals surface area contributed by atoms with Crippen molar-refractivity contribution in [3.8, 4) is 11.3 Å². The van der Waals surface area contributed by atoms with E-state index in [1.165, 1.54) is 12.1 Å². The first-order chi connectivity index (χ1) is 8.65. The SMILES string of the molecule is Cc1nn(C)c2cc(-c3ccc(F)cc3)ncc12. The van der Waals surface area contributed by atoms with Gasteiger partial charge in [-0.05, 0) is 37.3 Å². The molecule has 2 heterocycles. The zero-order valence-corrected chi connectivity index (χ0v) is 10.2. The third kappa shape index (κ3) is 1.66. The summed E-state index contributed by atoms with van der Waals surface area (Å²) in [5.74, 6) is -0.240. The van der Waals surface area contributed by atoms with E-state index in [0.29, 0.717) is 0 Å². The molecule has 18 heavy (non-hydrogen) atoms. The highest BCUT2D eigenvalue weighted by Crippen LogP contribution is 2.23. The van der Waals surface area contributed by atoms with Gasteiger partial charge in [0.1, 0.15) is 5.82 Å². The summed E-state index contributed by atoms with van der Waals surface area (Å²) >= 11 is 0. The Morgan fingerprint density at radius 1 is 1.17 bits per heavy atom. The Hall–Kier alpha value is -2.23. The molecule has 0 aliphatic carbocycles. The van der Waals surface area contributed by atoms with Gasteiger partial charge in [-0.25, -0.2) is 4.39 Å². The van der Waals surface area contributed by atoms with Gasteiger partial charge < -0.3 is 0 Å². The topological polar surface area (TPSA) is 30.7 Å². The summed E-state index contributed by atoms with van der Waals surface area (Å²) in [5.41, 5.74) is 3.72. The lowest BCUT2D eigenvalue weighted by Crippen LogP contribution is -1.90. The third-order valence-corrected chi connectivity index (χ3v) is 3.06. The molecule has 90 valence electrons. The van der Waals surface area contributed by atoms with Gasteiger partial charge in [-0.3, -0.25) is 9.67 Å². The molecule has 3 aromatic rings. The van der Waals surface area contributed by atoms with Crippen LogP contribution in [-0.2, 0) is 7.05 Å². The summed E-state index contributed by atoms with van der Waals surface area (Å²) in [6.07, 6.45) is 1.82. The number of aromatic nitrogens is 3. The molecule has 0 amide bonds. The van der Waals surface area contributed by atoms with Crippen molar-refractivity contribution in [1.29, 1.82) is 0 Å². The zero-order valence-electron chi connectivity index (χ0n) is 10.2. The first-order valence-electron chi connectivity index (χ1n) is 5.70. The molecule has 0 aliphatic heterocycles. The van der Waals surface area contributed by atoms with Crippen molar-refractivity contribution < 1.29 is 4.39 Å². The molecular weight excluding hydrogens is 229 g/mol. The number of rotatable bonds is 1. The maximum atomic E-state index is 12.9. The van der Waals surface area contributed by atoms with Crippen LogP contribution in [-0.4, -0.2) is 14.8 Å². The minimum atomic E-state index is -0.240. The normalized spacial score (nSPS) is 11.1. The lowest BCUT2D eigenvalue weighted by atomic mass is 10.1. The summed E-state index contributed by atoms with van der Waals surface area (Å²) in [6.45, 7) is 1.96. The lowest BCUT2D eigenvalue weighted by Gasteiger charge is -2.01. The Balaban J connectivity index is 2.18. The van der Waals surface area contributed by atoms with E-state index in [-0.39, 0.29) is 5.82 Å². The number of halogens is 1. The standard InChI is InChI=1S/C14H12FN3/c1-9-12-8-16-13(7-14(12)18(2)17-9)10-3-5-11(15)6-4-10/h3-8H,1-2H3. The van der Waals surface area contributed by atoms with E-state index < -0.39 is 0 Å². The maximum absolute atomic E-state index is 12.9. The summed E-state index contributed by atoms with van der Waals surface area (Å²) in [6, 6.07) is 8.31. The number of hydrogen-bond acceptors (Lipinski definition) is 2. The average molecular weight is 241 g/mol. The van der Waals surface area contributed by atoms with Crippen molar-refractivity contribution in [2.75, 3.05) is 0 Å². The third-order valence-electron chi connectivity index (χ3n) is 3.06. The fourth-order valence-electron chi connectivity index (χ4n) is 2.10. The van der Waals surface area contributed by atoms with Gasteiger partial charge in [-0.1, -0.05) is 0 Å². The number of pyridine rings is 1. The second-order valence-electron chi connectivity index (χ2n) is 4.30. The summed E-state index contributed by atoms with van der Waals surface area (Å²) in [7, 11) is 1.91. The van der Waals surface area contributed by atoms with Crippen molar-refractivity contribution in [2.24, 2.45) is 7.05 Å². The molecule has 4 heteroatoms. The zero-order chi connectivity index (χ0) is 12.7. The molecule has 0 atom stereocenters. The molecule has 2 aromatic heterocycles. The van der Waals surface area contributed by atoms with E-state index in [4.69, 9.17) is 0 Å². The van der Waals surface area contributed by atoms with Crippen LogP contribution in [0.1, 0.15) is 5.69 Å². The van der Waals surface area contributed by atoms with Gasteiger partial charge in [-0.2, -0.15) is 5.10 Å². The van der Waals surface area contributed by atoms with Gasteiger partial charge in [0.2, 0.25) is 0 Å². The van der Waals surface area contributed by atoms with E-state index in [1.807, 2.05) is 30.9 Å². The smallest absolute Gasteiger partial charge is 0.123 e. The monoisotopic (exact) mass is 241 g/mol. The molecule has 0 saturated carbocycles. The molecule has 1 aromatic carbocycles.